The Kier molecular flexibility index (Phi) is 3.98. The van der Waals surface area contributed by atoms with Gasteiger partial charge in [-0.05, 0) is 35.9 Å². The highest BCUT2D eigenvalue weighted by molar-refractivity contribution is 5.31. The lowest BCUT2D eigenvalue weighted by atomic mass is 10.2. The van der Waals surface area contributed by atoms with Gasteiger partial charge in [0, 0.05) is 6.20 Å². The van der Waals surface area contributed by atoms with Crippen molar-refractivity contribution in [3.63, 3.8) is 0 Å². The van der Waals surface area contributed by atoms with Crippen LogP contribution in [-0.4, -0.2) is 14.9 Å². The molecule has 0 atom stereocenters. The van der Waals surface area contributed by atoms with Crippen molar-refractivity contribution in [3.05, 3.63) is 78.1 Å². The fourth-order valence-corrected chi connectivity index (χ4v) is 2.05. The number of nitrogens with zero attached hydrogens (tertiary/aromatic N) is 2. The molecule has 0 radical (unpaired) electrons. The molecular formula is C17H16N2O2. The molecule has 0 aliphatic rings. The van der Waals surface area contributed by atoms with Crippen molar-refractivity contribution in [2.45, 2.75) is 13.2 Å². The smallest absolute Gasteiger partial charge is 0.132 e. The Labute approximate surface area is 123 Å². The van der Waals surface area contributed by atoms with Gasteiger partial charge in [-0.1, -0.05) is 30.3 Å². The molecule has 3 rings (SSSR count). The highest BCUT2D eigenvalue weighted by atomic mass is 16.5. The van der Waals surface area contributed by atoms with E-state index >= 15 is 0 Å². The van der Waals surface area contributed by atoms with Crippen LogP contribution in [-0.2, 0) is 13.2 Å². The molecule has 1 aromatic heterocycles. The Morgan fingerprint density at radius 3 is 2.67 bits per heavy atom. The number of para-hydroxylation sites is 1. The normalized spacial score (nSPS) is 10.5. The third-order valence-corrected chi connectivity index (χ3v) is 3.13. The zero-order valence-electron chi connectivity index (χ0n) is 11.5. The van der Waals surface area contributed by atoms with Gasteiger partial charge in [0.1, 0.15) is 18.1 Å². The Morgan fingerprint density at radius 2 is 1.86 bits per heavy atom. The average molecular weight is 280 g/mol. The topological polar surface area (TPSA) is 47.3 Å². The second-order valence-corrected chi connectivity index (χ2v) is 4.68. The van der Waals surface area contributed by atoms with Crippen LogP contribution in [0.2, 0.25) is 0 Å². The van der Waals surface area contributed by atoms with E-state index in [1.54, 1.807) is 0 Å². The summed E-state index contributed by atoms with van der Waals surface area (Å²) in [6.07, 6.45) is 1.91. The molecule has 1 heterocycles. The number of hydrogen-bond acceptors (Lipinski definition) is 3. The lowest BCUT2D eigenvalue weighted by Crippen LogP contribution is -1.99. The molecule has 2 aromatic carbocycles. The maximum Gasteiger partial charge on any atom is 0.132 e. The largest absolute Gasteiger partial charge is 0.487 e. The van der Waals surface area contributed by atoms with Crippen molar-refractivity contribution in [2.24, 2.45) is 0 Å². The molecule has 0 aliphatic carbocycles. The minimum Gasteiger partial charge on any atom is -0.487 e. The first-order valence-corrected chi connectivity index (χ1v) is 6.78. The maximum absolute atomic E-state index is 9.11. The van der Waals surface area contributed by atoms with Crippen molar-refractivity contribution < 1.29 is 9.84 Å². The summed E-state index contributed by atoms with van der Waals surface area (Å²) >= 11 is 0. The van der Waals surface area contributed by atoms with Gasteiger partial charge in [0.2, 0.25) is 0 Å². The van der Waals surface area contributed by atoms with E-state index in [0.717, 1.165) is 22.7 Å². The van der Waals surface area contributed by atoms with Gasteiger partial charge < -0.3 is 9.84 Å². The number of hydrogen-bond donors (Lipinski definition) is 1. The number of rotatable bonds is 5. The van der Waals surface area contributed by atoms with Gasteiger partial charge in [0.15, 0.2) is 0 Å². The number of aliphatic hydroxyl groups is 1. The molecular weight excluding hydrogens is 264 g/mol. The summed E-state index contributed by atoms with van der Waals surface area (Å²) in [6, 6.07) is 19.3. The van der Waals surface area contributed by atoms with Crippen LogP contribution in [0.25, 0.3) is 5.69 Å². The number of ether oxygens (including phenoxy) is 1. The molecule has 0 aliphatic heterocycles. The van der Waals surface area contributed by atoms with E-state index in [-0.39, 0.29) is 6.61 Å². The molecule has 4 nitrogen and oxygen atoms in total. The van der Waals surface area contributed by atoms with Crippen LogP contribution in [0.5, 0.6) is 5.75 Å². The zero-order chi connectivity index (χ0) is 14.5. The van der Waals surface area contributed by atoms with E-state index in [9.17, 15) is 0 Å². The molecule has 21 heavy (non-hydrogen) atoms. The Bertz CT molecular complexity index is 708. The molecule has 0 saturated carbocycles. The lowest BCUT2D eigenvalue weighted by Gasteiger charge is -2.05. The van der Waals surface area contributed by atoms with E-state index in [1.807, 2.05) is 71.5 Å². The van der Waals surface area contributed by atoms with Gasteiger partial charge in [-0.25, -0.2) is 4.68 Å². The van der Waals surface area contributed by atoms with Crippen LogP contribution in [0.15, 0.2) is 66.9 Å². The van der Waals surface area contributed by atoms with Crippen molar-refractivity contribution in [3.8, 4) is 11.4 Å². The molecule has 0 spiro atoms. The number of benzene rings is 2. The standard InChI is InChI=1S/C17H16N2O2/c20-12-14-5-4-8-17(11-14)21-13-15-9-10-19(18-15)16-6-2-1-3-7-16/h1-11,20H,12-13H2. The second-order valence-electron chi connectivity index (χ2n) is 4.68. The van der Waals surface area contributed by atoms with Crippen molar-refractivity contribution >= 4 is 0 Å². The first-order chi connectivity index (χ1) is 10.3. The molecule has 0 bridgehead atoms. The Morgan fingerprint density at radius 1 is 1.00 bits per heavy atom. The highest BCUT2D eigenvalue weighted by Gasteiger charge is 2.02. The molecule has 0 amide bonds. The van der Waals surface area contributed by atoms with Crippen LogP contribution in [0.4, 0.5) is 0 Å². The SMILES string of the molecule is OCc1cccc(OCc2ccn(-c3ccccc3)n2)c1. The van der Waals surface area contributed by atoms with Crippen LogP contribution in [0, 0.1) is 0 Å². The van der Waals surface area contributed by atoms with Crippen LogP contribution < -0.4 is 4.74 Å². The average Bonchev–Trinajstić information content (AvgIpc) is 3.03. The first kappa shape index (κ1) is 13.4. The summed E-state index contributed by atoms with van der Waals surface area (Å²) in [7, 11) is 0. The summed E-state index contributed by atoms with van der Waals surface area (Å²) in [5, 5.41) is 13.6. The van der Waals surface area contributed by atoms with Crippen LogP contribution in [0.1, 0.15) is 11.3 Å². The number of aliphatic hydroxyl groups excluding tert-OH is 1. The van der Waals surface area contributed by atoms with E-state index in [2.05, 4.69) is 5.10 Å². The molecule has 1 N–H and O–H groups in total. The van der Waals surface area contributed by atoms with Crippen molar-refractivity contribution in [2.75, 3.05) is 0 Å². The minimum atomic E-state index is 0.0137. The predicted molar refractivity (Wildman–Crippen MR) is 80.3 cm³/mol. The fraction of sp³-hybridized carbons (Fsp3) is 0.118. The van der Waals surface area contributed by atoms with E-state index in [4.69, 9.17) is 9.84 Å². The molecule has 3 aromatic rings. The Balaban J connectivity index is 1.67. The van der Waals surface area contributed by atoms with Gasteiger partial charge in [-0.2, -0.15) is 5.10 Å². The molecule has 4 heteroatoms. The van der Waals surface area contributed by atoms with Crippen LogP contribution in [0.3, 0.4) is 0 Å². The predicted octanol–water partition coefficient (Wildman–Crippen LogP) is 2.94. The fourth-order valence-electron chi connectivity index (χ4n) is 2.05. The van der Waals surface area contributed by atoms with Gasteiger partial charge in [-0.15, -0.1) is 0 Å². The summed E-state index contributed by atoms with van der Waals surface area (Å²) < 4.78 is 7.52. The summed E-state index contributed by atoms with van der Waals surface area (Å²) in [5.41, 5.74) is 2.71. The Hall–Kier alpha value is -2.59. The van der Waals surface area contributed by atoms with Gasteiger partial charge in [-0.3, -0.25) is 0 Å². The van der Waals surface area contributed by atoms with Gasteiger partial charge in [0.05, 0.1) is 12.3 Å². The van der Waals surface area contributed by atoms with Crippen LogP contribution >= 0.6 is 0 Å². The monoisotopic (exact) mass is 280 g/mol. The molecule has 0 saturated heterocycles. The quantitative estimate of drug-likeness (QED) is 0.781. The number of aromatic nitrogens is 2. The third-order valence-electron chi connectivity index (χ3n) is 3.13. The molecule has 0 unspecified atom stereocenters. The summed E-state index contributed by atoms with van der Waals surface area (Å²) in [4.78, 5) is 0. The van der Waals surface area contributed by atoms with E-state index in [1.165, 1.54) is 0 Å². The molecule has 0 fully saturated rings. The molecule has 106 valence electrons. The van der Waals surface area contributed by atoms with Gasteiger partial charge >= 0.3 is 0 Å². The maximum atomic E-state index is 9.11. The minimum absolute atomic E-state index is 0.0137. The van der Waals surface area contributed by atoms with Crippen molar-refractivity contribution in [1.82, 2.24) is 9.78 Å². The van der Waals surface area contributed by atoms with Crippen molar-refractivity contribution in [1.29, 1.82) is 0 Å². The lowest BCUT2D eigenvalue weighted by molar-refractivity contribution is 0.277. The highest BCUT2D eigenvalue weighted by Crippen LogP contribution is 2.15. The summed E-state index contributed by atoms with van der Waals surface area (Å²) in [5.74, 6) is 0.732. The second kappa shape index (κ2) is 6.24. The van der Waals surface area contributed by atoms with E-state index in [0.29, 0.717) is 6.61 Å². The first-order valence-electron chi connectivity index (χ1n) is 6.78. The summed E-state index contributed by atoms with van der Waals surface area (Å²) in [6.45, 7) is 0.411. The zero-order valence-corrected chi connectivity index (χ0v) is 11.5. The third kappa shape index (κ3) is 3.30. The van der Waals surface area contributed by atoms with Gasteiger partial charge in [0.25, 0.3) is 0 Å². The van der Waals surface area contributed by atoms with E-state index < -0.39 is 0 Å².